The summed E-state index contributed by atoms with van der Waals surface area (Å²) in [4.78, 5) is 21.2. The summed E-state index contributed by atoms with van der Waals surface area (Å²) in [6, 6.07) is 4.00. The van der Waals surface area contributed by atoms with Crippen LogP contribution in [0.4, 0.5) is 11.4 Å². The van der Waals surface area contributed by atoms with Gasteiger partial charge in [-0.05, 0) is 13.0 Å². The first-order valence-corrected chi connectivity index (χ1v) is 5.64. The van der Waals surface area contributed by atoms with Crippen molar-refractivity contribution in [2.75, 3.05) is 12.4 Å². The SMILES string of the molecule is COc1ccc([N+](=O)[O-])cc1NC(=O)C(C)Br. The molecule has 92 valence electrons. The first-order chi connectivity index (χ1) is 7.95. The molecule has 0 bridgehead atoms. The fraction of sp³-hybridized carbons (Fsp3) is 0.300. The molecule has 0 radical (unpaired) electrons. The predicted molar refractivity (Wildman–Crippen MR) is 66.7 cm³/mol. The zero-order chi connectivity index (χ0) is 13.0. The van der Waals surface area contributed by atoms with Crippen LogP contribution in [0.2, 0.25) is 0 Å². The van der Waals surface area contributed by atoms with Gasteiger partial charge in [-0.3, -0.25) is 14.9 Å². The van der Waals surface area contributed by atoms with Crippen molar-refractivity contribution >= 4 is 33.2 Å². The number of nitrogens with zero attached hydrogens (tertiary/aromatic N) is 1. The minimum atomic E-state index is -0.535. The van der Waals surface area contributed by atoms with Gasteiger partial charge in [0.15, 0.2) is 0 Å². The topological polar surface area (TPSA) is 81.5 Å². The van der Waals surface area contributed by atoms with E-state index in [-0.39, 0.29) is 17.3 Å². The van der Waals surface area contributed by atoms with Crippen LogP contribution < -0.4 is 10.1 Å². The van der Waals surface area contributed by atoms with Crippen LogP contribution in [-0.4, -0.2) is 22.8 Å². The number of non-ortho nitro benzene ring substituents is 1. The van der Waals surface area contributed by atoms with Gasteiger partial charge >= 0.3 is 0 Å². The van der Waals surface area contributed by atoms with Crippen LogP contribution in [0, 0.1) is 10.1 Å². The quantitative estimate of drug-likeness (QED) is 0.526. The van der Waals surface area contributed by atoms with Crippen LogP contribution in [0.1, 0.15) is 6.92 Å². The van der Waals surface area contributed by atoms with Crippen LogP contribution >= 0.6 is 15.9 Å². The monoisotopic (exact) mass is 302 g/mol. The van der Waals surface area contributed by atoms with E-state index in [4.69, 9.17) is 4.74 Å². The van der Waals surface area contributed by atoms with E-state index in [0.717, 1.165) is 0 Å². The number of nitro groups is 1. The zero-order valence-electron chi connectivity index (χ0n) is 9.27. The zero-order valence-corrected chi connectivity index (χ0v) is 10.9. The molecular weight excluding hydrogens is 292 g/mol. The Kier molecular flexibility index (Phi) is 4.45. The first-order valence-electron chi connectivity index (χ1n) is 4.73. The Hall–Kier alpha value is -1.63. The van der Waals surface area contributed by atoms with Gasteiger partial charge < -0.3 is 10.1 Å². The van der Waals surface area contributed by atoms with Crippen molar-refractivity contribution in [2.45, 2.75) is 11.8 Å². The fourth-order valence-corrected chi connectivity index (χ4v) is 1.25. The smallest absolute Gasteiger partial charge is 0.271 e. The number of rotatable bonds is 4. The van der Waals surface area contributed by atoms with E-state index in [2.05, 4.69) is 21.2 Å². The van der Waals surface area contributed by atoms with Gasteiger partial charge in [0, 0.05) is 12.1 Å². The van der Waals surface area contributed by atoms with Crippen molar-refractivity contribution in [2.24, 2.45) is 0 Å². The molecule has 0 fully saturated rings. The van der Waals surface area contributed by atoms with Crippen molar-refractivity contribution in [1.82, 2.24) is 0 Å². The van der Waals surface area contributed by atoms with Crippen molar-refractivity contribution in [1.29, 1.82) is 0 Å². The van der Waals surface area contributed by atoms with Crippen LogP contribution in [0.3, 0.4) is 0 Å². The number of carbonyl (C=O) groups is 1. The molecule has 0 aliphatic heterocycles. The largest absolute Gasteiger partial charge is 0.495 e. The Morgan fingerprint density at radius 1 is 1.59 bits per heavy atom. The van der Waals surface area contributed by atoms with E-state index in [1.54, 1.807) is 6.92 Å². The molecule has 1 N–H and O–H groups in total. The third-order valence-electron chi connectivity index (χ3n) is 2.01. The second-order valence-corrected chi connectivity index (χ2v) is 4.62. The number of halogens is 1. The van der Waals surface area contributed by atoms with Gasteiger partial charge in [0.1, 0.15) is 5.75 Å². The molecule has 1 aromatic carbocycles. The molecule has 0 aliphatic carbocycles. The van der Waals surface area contributed by atoms with Crippen LogP contribution in [0.5, 0.6) is 5.75 Å². The molecule has 0 saturated carbocycles. The molecule has 0 aliphatic rings. The van der Waals surface area contributed by atoms with E-state index in [9.17, 15) is 14.9 Å². The number of amides is 1. The number of ether oxygens (including phenoxy) is 1. The van der Waals surface area contributed by atoms with Gasteiger partial charge in [-0.2, -0.15) is 0 Å². The molecule has 6 nitrogen and oxygen atoms in total. The van der Waals surface area contributed by atoms with Gasteiger partial charge in [0.2, 0.25) is 5.91 Å². The molecule has 1 unspecified atom stereocenters. The number of nitrogens with one attached hydrogen (secondary N) is 1. The third kappa shape index (κ3) is 3.42. The molecule has 1 amide bonds. The van der Waals surface area contributed by atoms with Crippen LogP contribution in [0.15, 0.2) is 18.2 Å². The second kappa shape index (κ2) is 5.62. The number of hydrogen-bond acceptors (Lipinski definition) is 4. The van der Waals surface area contributed by atoms with E-state index in [1.165, 1.54) is 25.3 Å². The highest BCUT2D eigenvalue weighted by atomic mass is 79.9. The summed E-state index contributed by atoms with van der Waals surface area (Å²) >= 11 is 3.10. The van der Waals surface area contributed by atoms with Crippen LogP contribution in [0.25, 0.3) is 0 Å². The molecule has 17 heavy (non-hydrogen) atoms. The summed E-state index contributed by atoms with van der Waals surface area (Å²) in [5.74, 6) is 0.0703. The second-order valence-electron chi connectivity index (χ2n) is 3.25. The van der Waals surface area contributed by atoms with Crippen molar-refractivity contribution < 1.29 is 14.5 Å². The van der Waals surface area contributed by atoms with Gasteiger partial charge in [-0.15, -0.1) is 0 Å². The summed E-state index contributed by atoms with van der Waals surface area (Å²) < 4.78 is 5.01. The van der Waals surface area contributed by atoms with Crippen LogP contribution in [-0.2, 0) is 4.79 Å². The normalized spacial score (nSPS) is 11.7. The van der Waals surface area contributed by atoms with Crippen molar-refractivity contribution in [3.63, 3.8) is 0 Å². The lowest BCUT2D eigenvalue weighted by Crippen LogP contribution is -2.20. The Morgan fingerprint density at radius 3 is 2.71 bits per heavy atom. The molecular formula is C10H11BrN2O4. The molecule has 1 aromatic rings. The molecule has 1 atom stereocenters. The highest BCUT2D eigenvalue weighted by Crippen LogP contribution is 2.29. The Morgan fingerprint density at radius 2 is 2.24 bits per heavy atom. The summed E-state index contributed by atoms with van der Waals surface area (Å²) in [5.41, 5.74) is 0.168. The fourth-order valence-electron chi connectivity index (χ4n) is 1.14. The van der Waals surface area contributed by atoms with Crippen molar-refractivity contribution in [3.05, 3.63) is 28.3 Å². The number of methoxy groups -OCH3 is 1. The van der Waals surface area contributed by atoms with Gasteiger partial charge in [0.05, 0.1) is 22.5 Å². The standard InChI is InChI=1S/C10H11BrN2O4/c1-6(11)10(14)12-8-5-7(13(15)16)3-4-9(8)17-2/h3-6H,1-2H3,(H,12,14). The number of carbonyl (C=O) groups excluding carboxylic acids is 1. The molecule has 0 heterocycles. The lowest BCUT2D eigenvalue weighted by atomic mass is 10.2. The maximum Gasteiger partial charge on any atom is 0.271 e. The summed E-state index contributed by atoms with van der Waals surface area (Å²) in [5, 5.41) is 13.2. The number of benzene rings is 1. The molecule has 0 saturated heterocycles. The third-order valence-corrected chi connectivity index (χ3v) is 2.43. The molecule has 0 spiro atoms. The lowest BCUT2D eigenvalue weighted by molar-refractivity contribution is -0.384. The number of hydrogen-bond donors (Lipinski definition) is 1. The highest BCUT2D eigenvalue weighted by molar-refractivity contribution is 9.10. The number of nitro benzene ring substituents is 1. The minimum Gasteiger partial charge on any atom is -0.495 e. The van der Waals surface area contributed by atoms with E-state index < -0.39 is 9.75 Å². The average molecular weight is 303 g/mol. The lowest BCUT2D eigenvalue weighted by Gasteiger charge is -2.10. The maximum atomic E-state index is 11.5. The first kappa shape index (κ1) is 13.4. The number of anilines is 1. The van der Waals surface area contributed by atoms with E-state index in [0.29, 0.717) is 5.75 Å². The van der Waals surface area contributed by atoms with Gasteiger partial charge in [0.25, 0.3) is 5.69 Å². The maximum absolute atomic E-state index is 11.5. The van der Waals surface area contributed by atoms with Gasteiger partial charge in [-0.1, -0.05) is 15.9 Å². The average Bonchev–Trinajstić information content (AvgIpc) is 2.28. The molecule has 0 aromatic heterocycles. The summed E-state index contributed by atoms with van der Waals surface area (Å²) in [6.07, 6.45) is 0. The van der Waals surface area contributed by atoms with Gasteiger partial charge in [-0.25, -0.2) is 0 Å². The summed E-state index contributed by atoms with van der Waals surface area (Å²) in [6.45, 7) is 1.65. The number of alkyl halides is 1. The molecule has 7 heteroatoms. The minimum absolute atomic E-state index is 0.108. The van der Waals surface area contributed by atoms with E-state index >= 15 is 0 Å². The Labute approximate surface area is 106 Å². The Balaban J connectivity index is 3.06. The highest BCUT2D eigenvalue weighted by Gasteiger charge is 2.15. The van der Waals surface area contributed by atoms with E-state index in [1.807, 2.05) is 0 Å². The predicted octanol–water partition coefficient (Wildman–Crippen LogP) is 2.33. The van der Waals surface area contributed by atoms with Crippen molar-refractivity contribution in [3.8, 4) is 5.75 Å². The Bertz CT molecular complexity index is 448. The summed E-state index contributed by atoms with van der Waals surface area (Å²) in [7, 11) is 1.42. The molecule has 1 rings (SSSR count).